The molecule has 7 nitrogen and oxygen atoms in total. The first-order valence-corrected chi connectivity index (χ1v) is 12.4. The van der Waals surface area contributed by atoms with E-state index in [-0.39, 0.29) is 0 Å². The molecule has 0 radical (unpaired) electrons. The molecule has 0 amide bonds. The first-order chi connectivity index (χ1) is 16.7. The average Bonchev–Trinajstić information content (AvgIpc) is 3.11. The van der Waals surface area contributed by atoms with Crippen LogP contribution in [-0.4, -0.2) is 66.2 Å². The smallest absolute Gasteiger partial charge is 0.128 e. The molecule has 2 fully saturated rings. The Kier molecular flexibility index (Phi) is 5.56. The van der Waals surface area contributed by atoms with E-state index < -0.39 is 0 Å². The van der Waals surface area contributed by atoms with Gasteiger partial charge < -0.3 is 15.1 Å². The van der Waals surface area contributed by atoms with Crippen LogP contribution in [0.5, 0.6) is 0 Å². The van der Waals surface area contributed by atoms with Crippen LogP contribution in [0.4, 0.5) is 11.5 Å². The van der Waals surface area contributed by atoms with Crippen LogP contribution in [0.25, 0.3) is 10.9 Å². The van der Waals surface area contributed by atoms with Crippen LogP contribution < -0.4 is 15.1 Å². The van der Waals surface area contributed by atoms with E-state index in [2.05, 4.69) is 62.4 Å². The molecule has 2 saturated heterocycles. The fourth-order valence-electron chi connectivity index (χ4n) is 6.00. The Morgan fingerprint density at radius 3 is 2.91 bits per heavy atom. The molecule has 3 aliphatic heterocycles. The fourth-order valence-corrected chi connectivity index (χ4v) is 6.00. The van der Waals surface area contributed by atoms with Gasteiger partial charge in [0.1, 0.15) is 11.9 Å². The van der Waals surface area contributed by atoms with Crippen molar-refractivity contribution in [3.8, 4) is 6.07 Å². The third-order valence-corrected chi connectivity index (χ3v) is 7.80. The molecule has 34 heavy (non-hydrogen) atoms. The number of aromatic nitrogens is 2. The van der Waals surface area contributed by atoms with E-state index in [0.29, 0.717) is 17.6 Å². The van der Waals surface area contributed by atoms with Gasteiger partial charge in [-0.1, -0.05) is 0 Å². The van der Waals surface area contributed by atoms with Crippen molar-refractivity contribution in [2.24, 2.45) is 0 Å². The summed E-state index contributed by atoms with van der Waals surface area (Å²) in [5.74, 6) is 1.13. The minimum atomic E-state index is 0.462. The number of pyridine rings is 2. The molecule has 5 heterocycles. The highest BCUT2D eigenvalue weighted by atomic mass is 15.3. The number of nitriles is 1. The lowest BCUT2D eigenvalue weighted by Crippen LogP contribution is -2.58. The molecular weight excluding hydrogens is 422 g/mol. The molecule has 7 heteroatoms. The van der Waals surface area contributed by atoms with Crippen LogP contribution in [0.1, 0.15) is 30.0 Å². The maximum absolute atomic E-state index is 9.53. The summed E-state index contributed by atoms with van der Waals surface area (Å²) in [7, 11) is 0. The third kappa shape index (κ3) is 3.77. The van der Waals surface area contributed by atoms with Crippen molar-refractivity contribution >= 4 is 22.4 Å². The summed E-state index contributed by atoms with van der Waals surface area (Å²) in [6, 6.07) is 13.7. The second-order valence-corrected chi connectivity index (χ2v) is 9.80. The molecule has 1 N–H and O–H groups in total. The first kappa shape index (κ1) is 21.3. The van der Waals surface area contributed by atoms with Gasteiger partial charge in [-0.15, -0.1) is 0 Å². The van der Waals surface area contributed by atoms with E-state index in [1.807, 2.05) is 12.1 Å². The van der Waals surface area contributed by atoms with E-state index in [0.717, 1.165) is 75.4 Å². The molecule has 2 atom stereocenters. The summed E-state index contributed by atoms with van der Waals surface area (Å²) in [5, 5.41) is 14.0. The molecule has 6 rings (SSSR count). The highest BCUT2D eigenvalue weighted by Gasteiger charge is 2.35. The third-order valence-electron chi connectivity index (χ3n) is 7.80. The summed E-state index contributed by atoms with van der Waals surface area (Å²) in [6.45, 7) is 9.44. The number of hydrogen-bond donors (Lipinski definition) is 1. The standard InChI is InChI=1S/C27H31N7/c1-19-17-33(25-5-4-21(14-28)27-24(25)3-2-8-30-27)18-23-7-10-32(11-12-34(19)23)26-13-20-6-9-29-15-22(20)16-31-26/h2-5,8,13,16,19,23,29H,6-7,9-12,15,17-18H2,1H3. The van der Waals surface area contributed by atoms with Crippen molar-refractivity contribution in [3.63, 3.8) is 0 Å². The maximum Gasteiger partial charge on any atom is 0.128 e. The molecular formula is C27H31N7. The molecule has 0 bridgehead atoms. The van der Waals surface area contributed by atoms with Gasteiger partial charge in [0, 0.05) is 74.8 Å². The van der Waals surface area contributed by atoms with Gasteiger partial charge in [-0.25, -0.2) is 4.98 Å². The number of piperazine rings is 1. The number of nitrogens with one attached hydrogen (secondary N) is 1. The van der Waals surface area contributed by atoms with Crippen LogP contribution >= 0.6 is 0 Å². The van der Waals surface area contributed by atoms with Gasteiger partial charge in [0.2, 0.25) is 0 Å². The van der Waals surface area contributed by atoms with Crippen LogP contribution in [0.2, 0.25) is 0 Å². The molecule has 2 unspecified atom stereocenters. The maximum atomic E-state index is 9.53. The summed E-state index contributed by atoms with van der Waals surface area (Å²) >= 11 is 0. The Balaban J connectivity index is 1.23. The van der Waals surface area contributed by atoms with Crippen molar-refractivity contribution in [3.05, 3.63) is 59.4 Å². The zero-order valence-corrected chi connectivity index (χ0v) is 19.7. The van der Waals surface area contributed by atoms with Crippen molar-refractivity contribution in [2.45, 2.75) is 38.4 Å². The van der Waals surface area contributed by atoms with Gasteiger partial charge in [-0.05, 0) is 67.8 Å². The van der Waals surface area contributed by atoms with Crippen LogP contribution in [0.3, 0.4) is 0 Å². The minimum Gasteiger partial charge on any atom is -0.368 e. The Morgan fingerprint density at radius 2 is 2.00 bits per heavy atom. The van der Waals surface area contributed by atoms with Crippen LogP contribution in [-0.2, 0) is 13.0 Å². The average molecular weight is 454 g/mol. The highest BCUT2D eigenvalue weighted by molar-refractivity contribution is 5.95. The predicted molar refractivity (Wildman–Crippen MR) is 135 cm³/mol. The van der Waals surface area contributed by atoms with Gasteiger partial charge in [0.05, 0.1) is 11.1 Å². The Labute approximate surface area is 201 Å². The quantitative estimate of drug-likeness (QED) is 0.640. The Hall–Kier alpha value is -3.21. The summed E-state index contributed by atoms with van der Waals surface area (Å²) < 4.78 is 0. The van der Waals surface area contributed by atoms with Crippen molar-refractivity contribution in [1.82, 2.24) is 20.2 Å². The SMILES string of the molecule is CC1CN(c2ccc(C#N)c3ncccc23)CC2CCN(c3cc4c(cn3)CNCC4)CCN12. The van der Waals surface area contributed by atoms with Crippen LogP contribution in [0.15, 0.2) is 42.7 Å². The monoisotopic (exact) mass is 453 g/mol. The van der Waals surface area contributed by atoms with E-state index >= 15 is 0 Å². The predicted octanol–water partition coefficient (Wildman–Crippen LogP) is 2.94. The fraction of sp³-hybridized carbons (Fsp3) is 0.444. The van der Waals surface area contributed by atoms with E-state index in [1.54, 1.807) is 6.20 Å². The largest absolute Gasteiger partial charge is 0.368 e. The summed E-state index contributed by atoms with van der Waals surface area (Å²) in [5.41, 5.74) is 5.43. The number of hydrogen-bond acceptors (Lipinski definition) is 7. The molecule has 0 spiro atoms. The number of rotatable bonds is 2. The first-order valence-electron chi connectivity index (χ1n) is 12.4. The van der Waals surface area contributed by atoms with Gasteiger partial charge in [0.15, 0.2) is 0 Å². The van der Waals surface area contributed by atoms with Gasteiger partial charge in [0.25, 0.3) is 0 Å². The normalized spacial score (nSPS) is 23.2. The number of benzene rings is 1. The van der Waals surface area contributed by atoms with Crippen LogP contribution in [0, 0.1) is 11.3 Å². The van der Waals surface area contributed by atoms with Gasteiger partial charge in [-0.2, -0.15) is 5.26 Å². The van der Waals surface area contributed by atoms with E-state index in [1.165, 1.54) is 16.8 Å². The second-order valence-electron chi connectivity index (χ2n) is 9.80. The number of nitrogens with zero attached hydrogens (tertiary/aromatic N) is 6. The van der Waals surface area contributed by atoms with Crippen molar-refractivity contribution in [2.75, 3.05) is 49.1 Å². The molecule has 0 aliphatic carbocycles. The topological polar surface area (TPSA) is 71.3 Å². The lowest BCUT2D eigenvalue weighted by molar-refractivity contribution is 0.130. The van der Waals surface area contributed by atoms with Crippen molar-refractivity contribution in [1.29, 1.82) is 5.26 Å². The second kappa shape index (κ2) is 8.86. The summed E-state index contributed by atoms with van der Waals surface area (Å²) in [6.07, 6.45) is 6.06. The molecule has 1 aromatic carbocycles. The van der Waals surface area contributed by atoms with Crippen molar-refractivity contribution < 1.29 is 0 Å². The number of anilines is 2. The zero-order chi connectivity index (χ0) is 23.1. The van der Waals surface area contributed by atoms with E-state index in [9.17, 15) is 5.26 Å². The van der Waals surface area contributed by atoms with Gasteiger partial charge in [-0.3, -0.25) is 9.88 Å². The highest BCUT2D eigenvalue weighted by Crippen LogP contribution is 2.32. The zero-order valence-electron chi connectivity index (χ0n) is 19.7. The van der Waals surface area contributed by atoms with Gasteiger partial charge >= 0.3 is 0 Å². The Morgan fingerprint density at radius 1 is 1.06 bits per heavy atom. The minimum absolute atomic E-state index is 0.462. The molecule has 3 aromatic rings. The lowest BCUT2D eigenvalue weighted by Gasteiger charge is -2.46. The molecule has 2 aromatic heterocycles. The molecule has 174 valence electrons. The molecule has 3 aliphatic rings. The Bertz CT molecular complexity index is 1250. The number of fused-ring (bicyclic) bond motifs is 3. The molecule has 0 saturated carbocycles. The lowest BCUT2D eigenvalue weighted by atomic mass is 10.0. The van der Waals surface area contributed by atoms with E-state index in [4.69, 9.17) is 4.98 Å². The summed E-state index contributed by atoms with van der Waals surface area (Å²) in [4.78, 5) is 17.0.